The highest BCUT2D eigenvalue weighted by Crippen LogP contribution is 2.22. The lowest BCUT2D eigenvalue weighted by molar-refractivity contribution is 0.240. The van der Waals surface area contributed by atoms with E-state index < -0.39 is 0 Å². The number of hydrogen-bond donors (Lipinski definition) is 2. The fourth-order valence-electron chi connectivity index (χ4n) is 2.80. The molecule has 3 heteroatoms. The minimum atomic E-state index is 0.315. The normalized spacial score (nSPS) is 14.4. The Morgan fingerprint density at radius 1 is 1.15 bits per heavy atom. The lowest BCUT2D eigenvalue weighted by Crippen LogP contribution is -2.33. The molecule has 0 spiro atoms. The Balaban J connectivity index is 2.41. The van der Waals surface area contributed by atoms with Crippen LogP contribution in [0.2, 0.25) is 0 Å². The summed E-state index contributed by atoms with van der Waals surface area (Å²) in [6.07, 6.45) is 3.20. The zero-order valence-corrected chi connectivity index (χ0v) is 13.2. The molecule has 2 unspecified atom stereocenters. The van der Waals surface area contributed by atoms with Crippen molar-refractivity contribution in [1.82, 2.24) is 10.2 Å². The Hall–Kier alpha value is -0.900. The summed E-state index contributed by atoms with van der Waals surface area (Å²) in [4.78, 5) is 2.40. The van der Waals surface area contributed by atoms with E-state index in [0.717, 1.165) is 25.9 Å². The zero-order chi connectivity index (χ0) is 14.8. The molecule has 20 heavy (non-hydrogen) atoms. The van der Waals surface area contributed by atoms with Crippen molar-refractivity contribution in [2.75, 3.05) is 33.8 Å². The number of aliphatic hydroxyl groups is 1. The van der Waals surface area contributed by atoms with E-state index in [1.165, 1.54) is 12.0 Å². The third-order valence-electron chi connectivity index (χ3n) is 3.84. The number of nitrogens with zero attached hydrogens (tertiary/aromatic N) is 1. The molecule has 0 saturated carbocycles. The number of aliphatic hydroxyl groups excluding tert-OH is 1. The van der Waals surface area contributed by atoms with Gasteiger partial charge < -0.3 is 15.3 Å². The maximum absolute atomic E-state index is 8.79. The summed E-state index contributed by atoms with van der Waals surface area (Å²) >= 11 is 0. The minimum Gasteiger partial charge on any atom is -0.396 e. The Morgan fingerprint density at radius 3 is 2.45 bits per heavy atom. The average Bonchev–Trinajstić information content (AvgIpc) is 2.45. The van der Waals surface area contributed by atoms with Crippen molar-refractivity contribution in [2.24, 2.45) is 5.92 Å². The number of nitrogens with one attached hydrogen (secondary N) is 1. The maximum atomic E-state index is 8.79. The largest absolute Gasteiger partial charge is 0.396 e. The molecule has 0 radical (unpaired) electrons. The van der Waals surface area contributed by atoms with Crippen LogP contribution >= 0.6 is 0 Å². The van der Waals surface area contributed by atoms with Crippen molar-refractivity contribution >= 4 is 0 Å². The maximum Gasteiger partial charge on any atom is 0.0431 e. The molecule has 0 aromatic heterocycles. The summed E-state index contributed by atoms with van der Waals surface area (Å²) < 4.78 is 0. The van der Waals surface area contributed by atoms with Crippen LogP contribution in [0.15, 0.2) is 30.3 Å². The first kappa shape index (κ1) is 17.2. The Bertz CT molecular complexity index is 342. The fourth-order valence-corrected chi connectivity index (χ4v) is 2.80. The van der Waals surface area contributed by atoms with Crippen LogP contribution in [0.5, 0.6) is 0 Å². The Labute approximate surface area is 124 Å². The molecule has 0 bridgehead atoms. The smallest absolute Gasteiger partial charge is 0.0431 e. The van der Waals surface area contributed by atoms with E-state index in [4.69, 9.17) is 5.11 Å². The molecular formula is C17H30N2O. The van der Waals surface area contributed by atoms with Crippen molar-refractivity contribution in [3.8, 4) is 0 Å². The molecule has 114 valence electrons. The van der Waals surface area contributed by atoms with Gasteiger partial charge in [0, 0.05) is 19.2 Å². The highest BCUT2D eigenvalue weighted by molar-refractivity contribution is 5.19. The van der Waals surface area contributed by atoms with Crippen molar-refractivity contribution in [1.29, 1.82) is 0 Å². The van der Waals surface area contributed by atoms with Crippen LogP contribution in [-0.4, -0.2) is 43.8 Å². The molecule has 0 amide bonds. The predicted octanol–water partition coefficient (Wildman–Crippen LogP) is 2.68. The van der Waals surface area contributed by atoms with Crippen LogP contribution in [0.1, 0.15) is 37.8 Å². The van der Waals surface area contributed by atoms with Gasteiger partial charge in [0.15, 0.2) is 0 Å². The summed E-state index contributed by atoms with van der Waals surface area (Å²) in [6.45, 7) is 4.81. The van der Waals surface area contributed by atoms with Gasteiger partial charge in [-0.1, -0.05) is 37.3 Å². The van der Waals surface area contributed by atoms with Gasteiger partial charge in [-0.3, -0.25) is 0 Å². The Kier molecular flexibility index (Phi) is 8.51. The molecule has 1 rings (SSSR count). The van der Waals surface area contributed by atoms with Gasteiger partial charge in [0.25, 0.3) is 0 Å². The molecule has 0 aliphatic carbocycles. The van der Waals surface area contributed by atoms with Crippen LogP contribution in [0, 0.1) is 5.92 Å². The first-order valence-corrected chi connectivity index (χ1v) is 7.70. The molecule has 0 aliphatic heterocycles. The molecule has 3 nitrogen and oxygen atoms in total. The molecule has 2 atom stereocenters. The molecule has 0 aliphatic rings. The van der Waals surface area contributed by atoms with E-state index in [1.54, 1.807) is 0 Å². The van der Waals surface area contributed by atoms with E-state index in [-0.39, 0.29) is 0 Å². The van der Waals surface area contributed by atoms with Crippen LogP contribution in [0.3, 0.4) is 0 Å². The van der Waals surface area contributed by atoms with Crippen LogP contribution in [0.25, 0.3) is 0 Å². The highest BCUT2D eigenvalue weighted by atomic mass is 16.2. The summed E-state index contributed by atoms with van der Waals surface area (Å²) in [7, 11) is 4.22. The summed E-state index contributed by atoms with van der Waals surface area (Å²) in [5, 5.41) is 12.2. The second-order valence-corrected chi connectivity index (χ2v) is 5.70. The number of hydrogen-bond acceptors (Lipinski definition) is 3. The topological polar surface area (TPSA) is 35.5 Å². The lowest BCUT2D eigenvalue weighted by Gasteiger charge is -2.28. The fraction of sp³-hybridized carbons (Fsp3) is 0.647. The number of unbranched alkanes of at least 4 members (excludes halogenated alkanes) is 2. The quantitative estimate of drug-likeness (QED) is 0.646. The monoisotopic (exact) mass is 278 g/mol. The van der Waals surface area contributed by atoms with E-state index in [0.29, 0.717) is 18.6 Å². The molecule has 0 heterocycles. The molecule has 1 aromatic carbocycles. The van der Waals surface area contributed by atoms with Gasteiger partial charge in [0.1, 0.15) is 0 Å². The predicted molar refractivity (Wildman–Crippen MR) is 85.8 cm³/mol. The van der Waals surface area contributed by atoms with E-state index >= 15 is 0 Å². The van der Waals surface area contributed by atoms with Crippen molar-refractivity contribution in [2.45, 2.75) is 32.2 Å². The van der Waals surface area contributed by atoms with Crippen molar-refractivity contribution in [3.05, 3.63) is 35.9 Å². The summed E-state index contributed by atoms with van der Waals surface area (Å²) in [5.74, 6) is 0.560. The van der Waals surface area contributed by atoms with Gasteiger partial charge in [-0.05, 0) is 51.4 Å². The van der Waals surface area contributed by atoms with Crippen molar-refractivity contribution < 1.29 is 5.11 Å². The molecule has 0 fully saturated rings. The van der Waals surface area contributed by atoms with Gasteiger partial charge in [-0.25, -0.2) is 0 Å². The average molecular weight is 278 g/mol. The molecular weight excluding hydrogens is 248 g/mol. The molecule has 0 saturated heterocycles. The first-order chi connectivity index (χ1) is 9.69. The van der Waals surface area contributed by atoms with E-state index in [1.807, 2.05) is 7.05 Å². The van der Waals surface area contributed by atoms with Crippen LogP contribution < -0.4 is 5.32 Å². The van der Waals surface area contributed by atoms with Gasteiger partial charge in [0.05, 0.1) is 0 Å². The van der Waals surface area contributed by atoms with Crippen LogP contribution in [-0.2, 0) is 0 Å². The lowest BCUT2D eigenvalue weighted by atomic mass is 9.94. The third kappa shape index (κ3) is 6.04. The second-order valence-electron chi connectivity index (χ2n) is 5.70. The summed E-state index contributed by atoms with van der Waals surface area (Å²) in [6, 6.07) is 11.1. The SMILES string of the molecule is CNC(c1ccccc1)C(C)CN(C)CCCCCO. The van der Waals surface area contributed by atoms with Crippen molar-refractivity contribution in [3.63, 3.8) is 0 Å². The van der Waals surface area contributed by atoms with Gasteiger partial charge in [-0.2, -0.15) is 0 Å². The molecule has 1 aromatic rings. The number of benzene rings is 1. The van der Waals surface area contributed by atoms with E-state index in [9.17, 15) is 0 Å². The first-order valence-electron chi connectivity index (χ1n) is 7.70. The standard InChI is InChI=1S/C17H30N2O/c1-15(14-19(3)12-8-5-9-13-20)17(18-2)16-10-6-4-7-11-16/h4,6-7,10-11,15,17-18,20H,5,8-9,12-14H2,1-3H3. The third-order valence-corrected chi connectivity index (χ3v) is 3.84. The van der Waals surface area contributed by atoms with Gasteiger partial charge in [0.2, 0.25) is 0 Å². The van der Waals surface area contributed by atoms with Gasteiger partial charge >= 0.3 is 0 Å². The number of rotatable bonds is 10. The van der Waals surface area contributed by atoms with E-state index in [2.05, 4.69) is 54.5 Å². The second kappa shape index (κ2) is 9.92. The van der Waals surface area contributed by atoms with Crippen LogP contribution in [0.4, 0.5) is 0 Å². The zero-order valence-electron chi connectivity index (χ0n) is 13.2. The Morgan fingerprint density at radius 2 is 1.85 bits per heavy atom. The highest BCUT2D eigenvalue weighted by Gasteiger charge is 2.18. The van der Waals surface area contributed by atoms with Gasteiger partial charge in [-0.15, -0.1) is 0 Å². The minimum absolute atomic E-state index is 0.315. The summed E-state index contributed by atoms with van der Waals surface area (Å²) in [5.41, 5.74) is 1.36. The molecule has 2 N–H and O–H groups in total.